The van der Waals surface area contributed by atoms with E-state index >= 15 is 0 Å². The van der Waals surface area contributed by atoms with Crippen LogP contribution in [0.25, 0.3) is 0 Å². The molecule has 0 spiro atoms. The number of hydrogen-bond donors (Lipinski definition) is 12. The summed E-state index contributed by atoms with van der Waals surface area (Å²) in [4.78, 5) is 54.6. The molecule has 12 atom stereocenters. The Morgan fingerprint density at radius 2 is 1.38 bits per heavy atom. The molecule has 2 fully saturated rings. The quantitative estimate of drug-likeness (QED) is 0.0770. The number of rotatable bonds is 14. The number of hydrogen-bond acceptors (Lipinski definition) is 19. The van der Waals surface area contributed by atoms with Crippen LogP contribution in [0.1, 0.15) is 70.4 Å². The fraction of sp³-hybridized carbons (Fsp3) is 0.667. The van der Waals surface area contributed by atoms with Crippen molar-refractivity contribution in [3.05, 3.63) is 47.2 Å². The normalized spacial score (nSPS) is 24.4. The average molecular weight is 976 g/mol. The third-order valence-corrected chi connectivity index (χ3v) is 9.44. The second-order valence-electron chi connectivity index (χ2n) is 14.5. The molecule has 18 N–H and O–H groups in total. The van der Waals surface area contributed by atoms with E-state index in [4.69, 9.17) is 35.4 Å². The number of ether oxygens (including phenoxy) is 3. The van der Waals surface area contributed by atoms with E-state index < -0.39 is 97.1 Å². The van der Waals surface area contributed by atoms with Gasteiger partial charge in [-0.15, -0.1) is 0 Å². The number of carboxylic acid groups (broad SMARTS) is 2. The van der Waals surface area contributed by atoms with Gasteiger partial charge in [0, 0.05) is 33.2 Å². The maximum Gasteiger partial charge on any atom is 1.00 e. The molecule has 3 aliphatic rings. The van der Waals surface area contributed by atoms with Crippen LogP contribution in [0, 0.1) is 0 Å². The Morgan fingerprint density at radius 3 is 1.82 bits per heavy atom. The zero-order valence-corrected chi connectivity index (χ0v) is 42.0. The van der Waals surface area contributed by atoms with E-state index in [2.05, 4.69) is 39.3 Å². The number of carbonyl (C=O) groups excluding carboxylic acids is 5. The molecule has 12 unspecified atom stereocenters. The van der Waals surface area contributed by atoms with Gasteiger partial charge in [-0.3, -0.25) is 14.4 Å². The van der Waals surface area contributed by atoms with Gasteiger partial charge in [0.15, 0.2) is 0 Å². The summed E-state index contributed by atoms with van der Waals surface area (Å²) in [5.74, 6) is -3.82. The Morgan fingerprint density at radius 1 is 0.788 bits per heavy atom. The number of amides is 3. The smallest absolute Gasteiger partial charge is 0.547 e. The summed E-state index contributed by atoms with van der Waals surface area (Å²) in [5, 5.41) is 110. The van der Waals surface area contributed by atoms with Gasteiger partial charge in [-0.25, -0.2) is 0 Å². The number of carbonyl (C=O) groups is 5. The molecule has 0 aliphatic carbocycles. The third kappa shape index (κ3) is 28.1. The zero-order chi connectivity index (χ0) is 46.4. The number of benzene rings is 1. The summed E-state index contributed by atoms with van der Waals surface area (Å²) in [6, 6.07) is 6.81. The second-order valence-corrected chi connectivity index (χ2v) is 14.5. The van der Waals surface area contributed by atoms with Crippen LogP contribution in [0.5, 0.6) is 0 Å². The standard InChI is InChI=1S/C19H30N2O5.C8H15NO4.C6H10O5.C6H8O5.2Na.3H2O/c1-4-12(2)15-7-5-14(6-8-15)10-20-19(26)16(21-13(3)23)9-17(24)18(25)11-22;1-5(11)9-6-2-7(12)8(3-10)13-4-6;2*7-3-1-5(6(9)10)11-2-4(3)8;;;;;/h5-8,12,16-18,22,24-25H,4,9-11H2,1-3H3,(H,20,26)(H,21,23);6-8,10,12H,2-4H2,1H3,(H,9,11);3-5,7-8H,1-2H2,(H,9,10);1,3-4,7-8H,2H2,(H,9,10);;;3*1H2/q;;;;2*+1;;;/p-2. The predicted octanol–water partition coefficient (Wildman–Crippen LogP) is -14.8. The number of aliphatic hydroxyl groups is 9. The van der Waals surface area contributed by atoms with E-state index in [-0.39, 0.29) is 127 Å². The Hall–Kier alpha value is -2.45. The van der Waals surface area contributed by atoms with E-state index in [1.165, 1.54) is 19.4 Å². The van der Waals surface area contributed by atoms with Crippen molar-refractivity contribution in [1.29, 1.82) is 0 Å². The fourth-order valence-electron chi connectivity index (χ4n) is 5.58. The first kappa shape index (κ1) is 72.5. The molecule has 0 aromatic heterocycles. The molecule has 66 heavy (non-hydrogen) atoms. The van der Waals surface area contributed by atoms with Gasteiger partial charge >= 0.3 is 59.1 Å². The van der Waals surface area contributed by atoms with Crippen molar-refractivity contribution in [1.82, 2.24) is 16.0 Å². The topological polar surface area (TPSA) is 472 Å². The van der Waals surface area contributed by atoms with Gasteiger partial charge < -0.3 is 112 Å². The number of aliphatic hydroxyl groups excluding tert-OH is 9. The van der Waals surface area contributed by atoms with Gasteiger partial charge in [-0.05, 0) is 36.0 Å². The van der Waals surface area contributed by atoms with E-state index in [1.807, 2.05) is 24.3 Å². The molecule has 372 valence electrons. The first-order valence-electron chi connectivity index (χ1n) is 19.5. The molecule has 3 aliphatic heterocycles. The zero-order valence-electron chi connectivity index (χ0n) is 38.0. The molecular weight excluding hydrogens is 908 g/mol. The van der Waals surface area contributed by atoms with Gasteiger partial charge in [-0.2, -0.15) is 0 Å². The molecule has 25 nitrogen and oxygen atoms in total. The molecule has 0 radical (unpaired) electrons. The minimum absolute atomic E-state index is 0. The molecule has 0 bridgehead atoms. The van der Waals surface area contributed by atoms with Crippen LogP contribution in [0.4, 0.5) is 0 Å². The van der Waals surface area contributed by atoms with E-state index in [0.717, 1.165) is 18.1 Å². The molecule has 0 saturated carbocycles. The van der Waals surface area contributed by atoms with Crippen LogP contribution in [-0.2, 0) is 44.7 Å². The first-order chi connectivity index (χ1) is 28.6. The number of aliphatic carboxylic acids is 2. The Kier molecular flexibility index (Phi) is 42.2. The molecule has 2 saturated heterocycles. The van der Waals surface area contributed by atoms with Crippen molar-refractivity contribution in [3.63, 3.8) is 0 Å². The van der Waals surface area contributed by atoms with Crippen molar-refractivity contribution in [2.45, 2.75) is 133 Å². The van der Waals surface area contributed by atoms with Crippen LogP contribution < -0.4 is 85.3 Å². The van der Waals surface area contributed by atoms with E-state index in [9.17, 15) is 49.5 Å². The number of carboxylic acids is 2. The summed E-state index contributed by atoms with van der Waals surface area (Å²) >= 11 is 0. The van der Waals surface area contributed by atoms with E-state index in [1.54, 1.807) is 0 Å². The van der Waals surface area contributed by atoms with Gasteiger partial charge in [0.25, 0.3) is 0 Å². The van der Waals surface area contributed by atoms with Crippen LogP contribution >= 0.6 is 0 Å². The van der Waals surface area contributed by atoms with Gasteiger partial charge in [0.2, 0.25) is 17.7 Å². The summed E-state index contributed by atoms with van der Waals surface area (Å²) in [7, 11) is 0. The van der Waals surface area contributed by atoms with Crippen molar-refractivity contribution in [3.8, 4) is 0 Å². The minimum atomic E-state index is -1.49. The average Bonchev–Trinajstić information content (AvgIpc) is 3.21. The summed E-state index contributed by atoms with van der Waals surface area (Å²) in [6.07, 6.45) is -7.14. The Balaban J connectivity index is -0.000000263. The fourth-order valence-corrected chi connectivity index (χ4v) is 5.58. The summed E-state index contributed by atoms with van der Waals surface area (Å²) < 4.78 is 14.3. The summed E-state index contributed by atoms with van der Waals surface area (Å²) in [5.41, 5.74) is 2.16. The predicted molar refractivity (Wildman–Crippen MR) is 217 cm³/mol. The van der Waals surface area contributed by atoms with Crippen LogP contribution in [-0.4, -0.2) is 192 Å². The van der Waals surface area contributed by atoms with Gasteiger partial charge in [0.05, 0.1) is 62.9 Å². The number of nitrogens with one attached hydrogen (secondary N) is 3. The molecule has 4 rings (SSSR count). The van der Waals surface area contributed by atoms with Gasteiger partial charge in [0.1, 0.15) is 54.9 Å². The molecule has 3 amide bonds. The SMILES string of the molecule is CC(=O)NC1COC(CO)C(O)C1.CCC(C)c1ccc(CNC(=O)C(CC(O)C(O)CO)NC(C)=O)cc1.O.O.O.O=C([O-])C1=CC(O)C(O)CO1.O=C([O-])C1CC(O)C(O)CO1.[Na+].[Na+]. The molecule has 27 heteroatoms. The monoisotopic (exact) mass is 975 g/mol. The van der Waals surface area contributed by atoms with Crippen LogP contribution in [0.3, 0.4) is 0 Å². The van der Waals surface area contributed by atoms with Gasteiger partial charge in [-0.1, -0.05) is 38.1 Å². The molecule has 1 aromatic carbocycles. The summed E-state index contributed by atoms with van der Waals surface area (Å²) in [6.45, 7) is 6.42. The maximum absolute atomic E-state index is 12.3. The maximum atomic E-state index is 12.3. The molecular formula is C39H67N3Na2O22. The molecule has 1 aromatic rings. The Labute approximate surface area is 426 Å². The Bertz CT molecular complexity index is 1550. The minimum Gasteiger partial charge on any atom is -0.547 e. The van der Waals surface area contributed by atoms with Crippen molar-refractivity contribution in [2.75, 3.05) is 33.0 Å². The third-order valence-electron chi connectivity index (χ3n) is 9.44. The first-order valence-corrected chi connectivity index (χ1v) is 19.5. The van der Waals surface area contributed by atoms with E-state index in [0.29, 0.717) is 18.9 Å². The van der Waals surface area contributed by atoms with Crippen LogP contribution in [0.2, 0.25) is 0 Å². The second kappa shape index (κ2) is 38.4. The van der Waals surface area contributed by atoms with Crippen molar-refractivity contribution in [2.24, 2.45) is 0 Å². The van der Waals surface area contributed by atoms with Crippen molar-refractivity contribution < 1.29 is 170 Å². The van der Waals surface area contributed by atoms with Crippen molar-refractivity contribution >= 4 is 29.7 Å². The van der Waals surface area contributed by atoms with Crippen LogP contribution in [0.15, 0.2) is 36.1 Å². The molecule has 3 heterocycles. The largest absolute Gasteiger partial charge is 1.00 e.